The summed E-state index contributed by atoms with van der Waals surface area (Å²) in [6, 6.07) is 0. The van der Waals surface area contributed by atoms with E-state index in [4.69, 9.17) is 0 Å². The van der Waals surface area contributed by atoms with Crippen molar-refractivity contribution in [1.82, 2.24) is 4.90 Å². The van der Waals surface area contributed by atoms with E-state index in [1.165, 1.54) is 4.90 Å². The van der Waals surface area contributed by atoms with Crippen molar-refractivity contribution in [3.8, 4) is 0 Å². The van der Waals surface area contributed by atoms with Crippen LogP contribution in [-0.4, -0.2) is 34.6 Å². The first-order valence-electron chi connectivity index (χ1n) is 4.71. The lowest BCUT2D eigenvalue weighted by Gasteiger charge is -2.30. The SMILES string of the molecule is CC(F)(F)CCN1CCCC(Br)C1=O. The highest BCUT2D eigenvalue weighted by Crippen LogP contribution is 2.22. The summed E-state index contributed by atoms with van der Waals surface area (Å²) in [5, 5.41) is 0. The van der Waals surface area contributed by atoms with Gasteiger partial charge in [0.2, 0.25) is 11.8 Å². The molecule has 1 heterocycles. The Hall–Kier alpha value is -0.190. The molecule has 5 heteroatoms. The average Bonchev–Trinajstić information content (AvgIpc) is 2.06. The number of likely N-dealkylation sites (tertiary alicyclic amines) is 1. The summed E-state index contributed by atoms with van der Waals surface area (Å²) < 4.78 is 25.1. The first-order chi connectivity index (χ1) is 6.40. The summed E-state index contributed by atoms with van der Waals surface area (Å²) in [6.45, 7) is 1.65. The number of hydrogen-bond donors (Lipinski definition) is 0. The van der Waals surface area contributed by atoms with Gasteiger partial charge in [-0.1, -0.05) is 15.9 Å². The minimum absolute atomic E-state index is 0.0551. The number of hydrogen-bond acceptors (Lipinski definition) is 1. The van der Waals surface area contributed by atoms with Crippen LogP contribution in [0.2, 0.25) is 0 Å². The minimum atomic E-state index is -2.68. The van der Waals surface area contributed by atoms with Crippen molar-refractivity contribution in [2.45, 2.75) is 36.9 Å². The highest BCUT2D eigenvalue weighted by molar-refractivity contribution is 9.10. The van der Waals surface area contributed by atoms with Gasteiger partial charge in [0.1, 0.15) is 0 Å². The van der Waals surface area contributed by atoms with Crippen LogP contribution in [0, 0.1) is 0 Å². The molecule has 1 unspecified atom stereocenters. The third-order valence-corrected chi connectivity index (χ3v) is 3.14. The Bertz CT molecular complexity index is 217. The number of alkyl halides is 3. The molecule has 0 aliphatic carbocycles. The third-order valence-electron chi connectivity index (χ3n) is 2.29. The standard InChI is InChI=1S/C9H14BrF2NO/c1-9(11,12)4-6-13-5-2-3-7(10)8(13)14/h7H,2-6H2,1H3. The fourth-order valence-corrected chi connectivity index (χ4v) is 2.06. The molecule has 0 N–H and O–H groups in total. The molecule has 1 saturated heterocycles. The van der Waals surface area contributed by atoms with E-state index >= 15 is 0 Å². The van der Waals surface area contributed by atoms with Gasteiger partial charge < -0.3 is 4.90 Å². The Kier molecular flexibility index (Phi) is 3.86. The highest BCUT2D eigenvalue weighted by atomic mass is 79.9. The van der Waals surface area contributed by atoms with E-state index in [0.29, 0.717) is 6.54 Å². The molecule has 2 nitrogen and oxygen atoms in total. The molecule has 0 aromatic heterocycles. The molecule has 1 aliphatic heterocycles. The van der Waals surface area contributed by atoms with E-state index in [1.54, 1.807) is 0 Å². The number of nitrogens with zero attached hydrogens (tertiary/aromatic N) is 1. The zero-order chi connectivity index (χ0) is 10.8. The van der Waals surface area contributed by atoms with Crippen molar-refractivity contribution >= 4 is 21.8 Å². The lowest BCUT2D eigenvalue weighted by molar-refractivity contribution is -0.133. The number of carbonyl (C=O) groups excluding carboxylic acids is 1. The summed E-state index contributed by atoms with van der Waals surface area (Å²) in [6.07, 6.45) is 1.44. The maximum atomic E-state index is 12.6. The van der Waals surface area contributed by atoms with Gasteiger partial charge in [0, 0.05) is 19.5 Å². The van der Waals surface area contributed by atoms with Crippen molar-refractivity contribution in [3.63, 3.8) is 0 Å². The number of amides is 1. The van der Waals surface area contributed by atoms with Crippen LogP contribution in [0.3, 0.4) is 0 Å². The van der Waals surface area contributed by atoms with Gasteiger partial charge >= 0.3 is 0 Å². The predicted molar refractivity (Wildman–Crippen MR) is 53.8 cm³/mol. The molecule has 1 fully saturated rings. The quantitative estimate of drug-likeness (QED) is 0.721. The first-order valence-corrected chi connectivity index (χ1v) is 5.62. The molecule has 0 radical (unpaired) electrons. The van der Waals surface area contributed by atoms with Gasteiger partial charge in [-0.15, -0.1) is 0 Å². The molecular formula is C9H14BrF2NO. The number of piperidine rings is 1. The van der Waals surface area contributed by atoms with E-state index < -0.39 is 5.92 Å². The van der Waals surface area contributed by atoms with Crippen LogP contribution < -0.4 is 0 Å². The van der Waals surface area contributed by atoms with Crippen molar-refractivity contribution in [1.29, 1.82) is 0 Å². The van der Waals surface area contributed by atoms with E-state index in [9.17, 15) is 13.6 Å². The maximum absolute atomic E-state index is 12.6. The molecule has 0 bridgehead atoms. The van der Waals surface area contributed by atoms with Crippen LogP contribution >= 0.6 is 15.9 Å². The first kappa shape index (κ1) is 11.9. The molecule has 1 atom stereocenters. The Labute approximate surface area is 90.8 Å². The van der Waals surface area contributed by atoms with Gasteiger partial charge in [0.25, 0.3) is 0 Å². The van der Waals surface area contributed by atoms with Crippen molar-refractivity contribution in [3.05, 3.63) is 0 Å². The Morgan fingerprint density at radius 2 is 2.29 bits per heavy atom. The molecular weight excluding hydrogens is 256 g/mol. The number of rotatable bonds is 3. The molecule has 82 valence electrons. The zero-order valence-corrected chi connectivity index (χ0v) is 9.69. The summed E-state index contributed by atoms with van der Waals surface area (Å²) in [5.74, 6) is -2.74. The van der Waals surface area contributed by atoms with Crippen LogP contribution in [0.4, 0.5) is 8.78 Å². The van der Waals surface area contributed by atoms with Crippen LogP contribution in [0.15, 0.2) is 0 Å². The van der Waals surface area contributed by atoms with Crippen molar-refractivity contribution < 1.29 is 13.6 Å². The average molecular weight is 270 g/mol. The largest absolute Gasteiger partial charge is 0.342 e. The normalized spacial score (nSPS) is 24.1. The van der Waals surface area contributed by atoms with Gasteiger partial charge in [0.15, 0.2) is 0 Å². The second-order valence-electron chi connectivity index (χ2n) is 3.76. The molecule has 1 aliphatic rings. The second kappa shape index (κ2) is 4.55. The van der Waals surface area contributed by atoms with Crippen LogP contribution in [0.5, 0.6) is 0 Å². The van der Waals surface area contributed by atoms with E-state index in [-0.39, 0.29) is 23.7 Å². The van der Waals surface area contributed by atoms with Gasteiger partial charge in [0.05, 0.1) is 4.83 Å². The summed E-state index contributed by atoms with van der Waals surface area (Å²) in [5.41, 5.74) is 0. The molecule has 0 aromatic carbocycles. The molecule has 0 saturated carbocycles. The monoisotopic (exact) mass is 269 g/mol. The topological polar surface area (TPSA) is 20.3 Å². The maximum Gasteiger partial charge on any atom is 0.247 e. The fraction of sp³-hybridized carbons (Fsp3) is 0.889. The van der Waals surface area contributed by atoms with Gasteiger partial charge in [-0.3, -0.25) is 4.79 Å². The number of carbonyl (C=O) groups is 1. The summed E-state index contributed by atoms with van der Waals surface area (Å²) in [7, 11) is 0. The summed E-state index contributed by atoms with van der Waals surface area (Å²) in [4.78, 5) is 12.8. The van der Waals surface area contributed by atoms with E-state index in [1.807, 2.05) is 0 Å². The Morgan fingerprint density at radius 3 is 2.86 bits per heavy atom. The fourth-order valence-electron chi connectivity index (χ4n) is 1.45. The lowest BCUT2D eigenvalue weighted by atomic mass is 10.1. The van der Waals surface area contributed by atoms with E-state index in [0.717, 1.165) is 19.8 Å². The van der Waals surface area contributed by atoms with Crippen LogP contribution in [0.1, 0.15) is 26.2 Å². The van der Waals surface area contributed by atoms with Crippen molar-refractivity contribution in [2.75, 3.05) is 13.1 Å². The minimum Gasteiger partial charge on any atom is -0.342 e. The Balaban J connectivity index is 2.40. The molecule has 0 aromatic rings. The zero-order valence-electron chi connectivity index (χ0n) is 8.10. The van der Waals surface area contributed by atoms with Crippen LogP contribution in [0.25, 0.3) is 0 Å². The lowest BCUT2D eigenvalue weighted by Crippen LogP contribution is -2.43. The predicted octanol–water partition coefficient (Wildman–Crippen LogP) is 2.42. The van der Waals surface area contributed by atoms with E-state index in [2.05, 4.69) is 15.9 Å². The van der Waals surface area contributed by atoms with Crippen molar-refractivity contribution in [2.24, 2.45) is 0 Å². The third kappa shape index (κ3) is 3.52. The van der Waals surface area contributed by atoms with Gasteiger partial charge in [-0.05, 0) is 19.8 Å². The molecule has 0 spiro atoms. The summed E-state index contributed by atoms with van der Waals surface area (Å²) >= 11 is 3.24. The number of halogens is 3. The van der Waals surface area contributed by atoms with Gasteiger partial charge in [-0.25, -0.2) is 8.78 Å². The molecule has 1 rings (SSSR count). The Morgan fingerprint density at radius 1 is 1.64 bits per heavy atom. The van der Waals surface area contributed by atoms with Gasteiger partial charge in [-0.2, -0.15) is 0 Å². The van der Waals surface area contributed by atoms with Crippen LogP contribution in [-0.2, 0) is 4.79 Å². The molecule has 14 heavy (non-hydrogen) atoms. The highest BCUT2D eigenvalue weighted by Gasteiger charge is 2.29. The second-order valence-corrected chi connectivity index (χ2v) is 4.86. The smallest absolute Gasteiger partial charge is 0.247 e. The molecule has 1 amide bonds.